The third-order valence-corrected chi connectivity index (χ3v) is 5.94. The molecule has 0 amide bonds. The molecule has 1 saturated heterocycles. The number of hydrogen-bond acceptors (Lipinski definition) is 4. The van der Waals surface area contributed by atoms with E-state index in [0.717, 1.165) is 5.56 Å². The number of rotatable bonds is 4. The second kappa shape index (κ2) is 6.22. The number of sulfone groups is 1. The lowest BCUT2D eigenvalue weighted by molar-refractivity contribution is 0.0983. The van der Waals surface area contributed by atoms with Gasteiger partial charge in [0.05, 0.1) is 11.0 Å². The predicted octanol–water partition coefficient (Wildman–Crippen LogP) is 1.89. The van der Waals surface area contributed by atoms with Gasteiger partial charge in [-0.25, -0.2) is 8.42 Å². The molecular formula is C13H18ClNO3S. The van der Waals surface area contributed by atoms with Crippen LogP contribution >= 0.6 is 11.6 Å². The standard InChI is InChI=1S/C13H18ClNO3S/c14-13-7-10(8-15)1-2-11(13)9-19(16,17)12-3-5-18-6-4-12/h1-2,7,12H,3-6,8-9,15H2. The molecule has 1 aliphatic rings. The second-order valence-corrected chi connectivity index (χ2v) is 7.44. The van der Waals surface area contributed by atoms with Gasteiger partial charge in [-0.3, -0.25) is 0 Å². The Morgan fingerprint density at radius 3 is 2.58 bits per heavy atom. The largest absolute Gasteiger partial charge is 0.381 e. The van der Waals surface area contributed by atoms with E-state index in [-0.39, 0.29) is 11.0 Å². The van der Waals surface area contributed by atoms with E-state index in [0.29, 0.717) is 43.2 Å². The average Bonchev–Trinajstić information content (AvgIpc) is 2.42. The summed E-state index contributed by atoms with van der Waals surface area (Å²) in [6.07, 6.45) is 1.14. The van der Waals surface area contributed by atoms with Crippen LogP contribution in [0.2, 0.25) is 5.02 Å². The van der Waals surface area contributed by atoms with E-state index >= 15 is 0 Å². The Kier molecular flexibility index (Phi) is 4.84. The monoisotopic (exact) mass is 303 g/mol. The van der Waals surface area contributed by atoms with Crippen LogP contribution in [0.3, 0.4) is 0 Å². The minimum atomic E-state index is -3.17. The van der Waals surface area contributed by atoms with Gasteiger partial charge in [0.25, 0.3) is 0 Å². The van der Waals surface area contributed by atoms with Crippen LogP contribution in [0.5, 0.6) is 0 Å². The molecule has 1 aliphatic heterocycles. The quantitative estimate of drug-likeness (QED) is 0.922. The van der Waals surface area contributed by atoms with Crippen molar-refractivity contribution in [3.63, 3.8) is 0 Å². The molecule has 0 aromatic heterocycles. The van der Waals surface area contributed by atoms with Gasteiger partial charge in [-0.15, -0.1) is 0 Å². The molecule has 19 heavy (non-hydrogen) atoms. The van der Waals surface area contributed by atoms with E-state index in [1.54, 1.807) is 12.1 Å². The topological polar surface area (TPSA) is 69.4 Å². The zero-order valence-corrected chi connectivity index (χ0v) is 12.2. The highest BCUT2D eigenvalue weighted by Gasteiger charge is 2.28. The Labute approximate surface area is 118 Å². The third-order valence-electron chi connectivity index (χ3n) is 3.39. The second-order valence-electron chi connectivity index (χ2n) is 4.75. The molecule has 6 heteroatoms. The number of benzene rings is 1. The SMILES string of the molecule is NCc1ccc(CS(=O)(=O)C2CCOCC2)c(Cl)c1. The first kappa shape index (κ1) is 14.8. The van der Waals surface area contributed by atoms with E-state index < -0.39 is 9.84 Å². The molecule has 2 rings (SSSR count). The van der Waals surface area contributed by atoms with Crippen molar-refractivity contribution < 1.29 is 13.2 Å². The van der Waals surface area contributed by atoms with Crippen LogP contribution in [0, 0.1) is 0 Å². The van der Waals surface area contributed by atoms with Crippen LogP contribution in [0.4, 0.5) is 0 Å². The molecule has 0 aliphatic carbocycles. The van der Waals surface area contributed by atoms with E-state index in [9.17, 15) is 8.42 Å². The van der Waals surface area contributed by atoms with Crippen molar-refractivity contribution in [2.45, 2.75) is 30.4 Å². The first-order chi connectivity index (χ1) is 9.03. The van der Waals surface area contributed by atoms with Crippen molar-refractivity contribution in [1.82, 2.24) is 0 Å². The summed E-state index contributed by atoms with van der Waals surface area (Å²) in [5.41, 5.74) is 7.07. The zero-order valence-electron chi connectivity index (χ0n) is 10.6. The summed E-state index contributed by atoms with van der Waals surface area (Å²) >= 11 is 6.11. The lowest BCUT2D eigenvalue weighted by Gasteiger charge is -2.22. The van der Waals surface area contributed by atoms with Crippen molar-refractivity contribution in [3.05, 3.63) is 34.3 Å². The molecule has 0 bridgehead atoms. The number of halogens is 1. The molecule has 1 aromatic rings. The van der Waals surface area contributed by atoms with Crippen molar-refractivity contribution >= 4 is 21.4 Å². The molecule has 0 saturated carbocycles. The highest BCUT2D eigenvalue weighted by atomic mass is 35.5. The minimum absolute atomic E-state index is 0.0125. The Bertz CT molecular complexity index is 539. The number of ether oxygens (including phenoxy) is 1. The van der Waals surface area contributed by atoms with Crippen LogP contribution in [-0.2, 0) is 26.9 Å². The van der Waals surface area contributed by atoms with Crippen LogP contribution < -0.4 is 5.73 Å². The summed E-state index contributed by atoms with van der Waals surface area (Å²) in [6, 6.07) is 5.30. The maximum Gasteiger partial charge on any atom is 0.157 e. The van der Waals surface area contributed by atoms with Gasteiger partial charge in [0.15, 0.2) is 9.84 Å². The van der Waals surface area contributed by atoms with Gasteiger partial charge in [-0.05, 0) is 30.0 Å². The van der Waals surface area contributed by atoms with Crippen LogP contribution in [0.15, 0.2) is 18.2 Å². The molecule has 2 N–H and O–H groups in total. The molecule has 0 radical (unpaired) electrons. The smallest absolute Gasteiger partial charge is 0.157 e. The Hall–Kier alpha value is -0.620. The van der Waals surface area contributed by atoms with Crippen LogP contribution in [0.25, 0.3) is 0 Å². The van der Waals surface area contributed by atoms with E-state index in [2.05, 4.69) is 0 Å². The lowest BCUT2D eigenvalue weighted by atomic mass is 10.1. The van der Waals surface area contributed by atoms with E-state index in [4.69, 9.17) is 22.1 Å². The highest BCUT2D eigenvalue weighted by molar-refractivity contribution is 7.91. The first-order valence-electron chi connectivity index (χ1n) is 6.29. The fraction of sp³-hybridized carbons (Fsp3) is 0.538. The fourth-order valence-electron chi connectivity index (χ4n) is 2.20. The highest BCUT2D eigenvalue weighted by Crippen LogP contribution is 2.24. The third kappa shape index (κ3) is 3.69. The summed E-state index contributed by atoms with van der Waals surface area (Å²) in [4.78, 5) is 0. The van der Waals surface area contributed by atoms with Crippen LogP contribution in [0.1, 0.15) is 24.0 Å². The lowest BCUT2D eigenvalue weighted by Crippen LogP contribution is -2.29. The first-order valence-corrected chi connectivity index (χ1v) is 8.39. The van der Waals surface area contributed by atoms with Gasteiger partial charge < -0.3 is 10.5 Å². The van der Waals surface area contributed by atoms with E-state index in [1.165, 1.54) is 0 Å². The van der Waals surface area contributed by atoms with Gasteiger partial charge in [0.1, 0.15) is 0 Å². The Morgan fingerprint density at radius 2 is 2.00 bits per heavy atom. The van der Waals surface area contributed by atoms with Gasteiger partial charge in [0, 0.05) is 24.8 Å². The summed E-state index contributed by atoms with van der Waals surface area (Å²) in [5.74, 6) is -0.0125. The van der Waals surface area contributed by atoms with Crippen molar-refractivity contribution in [2.75, 3.05) is 13.2 Å². The molecular weight excluding hydrogens is 286 g/mol. The van der Waals surface area contributed by atoms with Gasteiger partial charge in [0.2, 0.25) is 0 Å². The summed E-state index contributed by atoms with van der Waals surface area (Å²) in [7, 11) is -3.17. The van der Waals surface area contributed by atoms with Gasteiger partial charge >= 0.3 is 0 Å². The van der Waals surface area contributed by atoms with Crippen molar-refractivity contribution in [3.8, 4) is 0 Å². The fourth-order valence-corrected chi connectivity index (χ4v) is 4.39. The summed E-state index contributed by atoms with van der Waals surface area (Å²) in [6.45, 7) is 1.43. The van der Waals surface area contributed by atoms with E-state index in [1.807, 2.05) is 6.07 Å². The average molecular weight is 304 g/mol. The maximum absolute atomic E-state index is 12.3. The molecule has 4 nitrogen and oxygen atoms in total. The molecule has 0 spiro atoms. The maximum atomic E-state index is 12.3. The molecule has 1 heterocycles. The van der Waals surface area contributed by atoms with Gasteiger partial charge in [-0.1, -0.05) is 23.7 Å². The normalized spacial score (nSPS) is 17.6. The van der Waals surface area contributed by atoms with Crippen molar-refractivity contribution in [2.24, 2.45) is 5.73 Å². The molecule has 1 fully saturated rings. The number of hydrogen-bond donors (Lipinski definition) is 1. The summed E-state index contributed by atoms with van der Waals surface area (Å²) < 4.78 is 29.8. The number of nitrogens with two attached hydrogens (primary N) is 1. The Balaban J connectivity index is 2.15. The molecule has 1 aromatic carbocycles. The Morgan fingerprint density at radius 1 is 1.32 bits per heavy atom. The summed E-state index contributed by atoms with van der Waals surface area (Å²) in [5, 5.41) is 0.157. The zero-order chi connectivity index (χ0) is 13.9. The predicted molar refractivity (Wildman–Crippen MR) is 75.8 cm³/mol. The van der Waals surface area contributed by atoms with Crippen molar-refractivity contribution in [1.29, 1.82) is 0 Å². The van der Waals surface area contributed by atoms with Gasteiger partial charge in [-0.2, -0.15) is 0 Å². The van der Waals surface area contributed by atoms with Crippen LogP contribution in [-0.4, -0.2) is 26.9 Å². The molecule has 0 atom stereocenters. The minimum Gasteiger partial charge on any atom is -0.381 e. The molecule has 0 unspecified atom stereocenters. The molecule has 106 valence electrons.